The van der Waals surface area contributed by atoms with Crippen LogP contribution in [0.4, 0.5) is 0 Å². The van der Waals surface area contributed by atoms with Crippen LogP contribution in [0, 0.1) is 58.2 Å². The van der Waals surface area contributed by atoms with Crippen LogP contribution < -0.4 is 49.6 Å². The number of rotatable bonds is 56. The molecule has 0 aromatic heterocycles. The van der Waals surface area contributed by atoms with Crippen LogP contribution in [0.3, 0.4) is 0 Å². The van der Waals surface area contributed by atoms with Gasteiger partial charge in [-0.2, -0.15) is 0 Å². The Morgan fingerprint density at radius 3 is 1.22 bits per heavy atom. The van der Waals surface area contributed by atoms with E-state index in [0.717, 1.165) is 94.5 Å². The Kier molecular flexibility index (Phi) is 67.2. The van der Waals surface area contributed by atoms with Crippen LogP contribution in [0.15, 0.2) is 24.3 Å². The molecule has 4 aliphatic rings. The summed E-state index contributed by atoms with van der Waals surface area (Å²) in [7, 11) is 26.4. The molecule has 0 saturated heterocycles. The molecular weight excluding hydrogens is 1380 g/mol. The van der Waals surface area contributed by atoms with Crippen molar-refractivity contribution < 1.29 is 107 Å². The van der Waals surface area contributed by atoms with Crippen molar-refractivity contribution in [1.29, 1.82) is 0 Å². The summed E-state index contributed by atoms with van der Waals surface area (Å²) in [4.78, 5) is 45.5. The molecule has 0 aliphatic heterocycles. The van der Waals surface area contributed by atoms with E-state index in [4.69, 9.17) is 39.1 Å². The fourth-order valence-corrected chi connectivity index (χ4v) is 17.5. The number of hydrogen-bond donors (Lipinski definition) is 0. The van der Waals surface area contributed by atoms with E-state index in [-0.39, 0.29) is 62.5 Å². The zero-order valence-corrected chi connectivity index (χ0v) is 73.8. The van der Waals surface area contributed by atoms with Crippen LogP contribution in [-0.4, -0.2) is 182 Å². The van der Waals surface area contributed by atoms with Crippen LogP contribution in [0.5, 0.6) is 0 Å². The van der Waals surface area contributed by atoms with Crippen LogP contribution >= 0.6 is 0 Å². The number of likely N-dealkylation sites (N-methyl/N-ethyl adjacent to an activating group) is 4. The summed E-state index contributed by atoms with van der Waals surface area (Å²) in [5.41, 5.74) is 0.622. The molecule has 4 aliphatic carbocycles. The van der Waals surface area contributed by atoms with E-state index < -0.39 is 0 Å². The first-order valence-electron chi connectivity index (χ1n) is 43.1. The maximum Gasteiger partial charge on any atom is 0.131 e. The molecule has 0 radical (unpaired) electrons. The summed E-state index contributed by atoms with van der Waals surface area (Å²) in [6.45, 7) is 19.1. The van der Waals surface area contributed by atoms with Crippen LogP contribution in [-0.2, 0) is 39.1 Å². The first kappa shape index (κ1) is 108. The molecule has 4 rings (SSSR count). The lowest BCUT2D eigenvalue weighted by molar-refractivity contribution is -0.871. The van der Waals surface area contributed by atoms with E-state index >= 15 is 0 Å². The van der Waals surface area contributed by atoms with Gasteiger partial charge in [0.25, 0.3) is 0 Å². The molecule has 0 bridgehead atoms. The van der Waals surface area contributed by atoms with Crippen LogP contribution in [0.2, 0.25) is 0 Å². The fraction of sp³-hybridized carbons (Fsp3) is 0.955. The second kappa shape index (κ2) is 64.5. The van der Waals surface area contributed by atoms with Crippen molar-refractivity contribution in [2.24, 2.45) is 58.2 Å². The second-order valence-corrected chi connectivity index (χ2v) is 36.7. The first-order chi connectivity index (χ1) is 47.5. The number of quaternary nitrogens is 4. The monoisotopic (exact) mass is 1560 g/mol. The molecule has 0 N–H and O–H groups in total. The Bertz CT molecular complexity index is 1950. The van der Waals surface area contributed by atoms with E-state index in [1.807, 2.05) is 0 Å². The maximum absolute atomic E-state index is 6.22. The van der Waals surface area contributed by atoms with Gasteiger partial charge in [0, 0.05) is 0 Å². The zero-order chi connectivity index (χ0) is 72.4. The van der Waals surface area contributed by atoms with E-state index in [1.165, 1.54) is 276 Å². The number of halogens is 4. The fourth-order valence-electron chi connectivity index (χ4n) is 17.5. The topological polar surface area (TPSA) is 73.8 Å². The minimum atomic E-state index is 0. The SMILES string of the molecule is C.CCCCCCC1C(C)C=C[C@@]2(CCCCCCC2COOCC[N+](C)(C)C)C1/C=C\CCCCCCCCOOCC[N+](C)(C)C.CCCCCCC1CC[C@@]2(CCCCCCC2COOCC[N+](C)(C)C)C(CCCCCCCCCCOOCC[N+](C)(C)C)C1CCCCCC.[Cl-].[Cl-].[Cl-].[Cl-]. The maximum atomic E-state index is 6.22. The lowest BCUT2D eigenvalue weighted by Crippen LogP contribution is -3.00. The Balaban J connectivity index is -0.00000188. The average molecular weight is 1560 g/mol. The Hall–Kier alpha value is 0.160. The van der Waals surface area contributed by atoms with Crippen LogP contribution in [0.25, 0.3) is 0 Å². The Morgan fingerprint density at radius 2 is 0.740 bits per heavy atom. The van der Waals surface area contributed by atoms with E-state index in [1.54, 1.807) is 0 Å². The van der Waals surface area contributed by atoms with Gasteiger partial charge < -0.3 is 67.6 Å². The van der Waals surface area contributed by atoms with Gasteiger partial charge in [-0.15, -0.1) is 0 Å². The van der Waals surface area contributed by atoms with Crippen molar-refractivity contribution in [2.45, 2.75) is 324 Å². The first-order valence-corrected chi connectivity index (χ1v) is 43.1. The van der Waals surface area contributed by atoms with Gasteiger partial charge in [0.15, 0.2) is 0 Å². The minimum Gasteiger partial charge on any atom is -1.00 e. The van der Waals surface area contributed by atoms with Crippen LogP contribution in [0.1, 0.15) is 324 Å². The number of hydrogen-bond acceptors (Lipinski definition) is 8. The molecule has 0 aromatic rings. The standard InChI is InChI=1S/C46H94N2O4.C41H80N2O4.CH4.4ClH/c1-9-11-13-23-29-42-33-35-46(34-27-21-20-24-30-43(46)41-52-51-40-37-48(6,7)8)45(44(42)31-25-14-12-10-2)32-26-19-17-15-16-18-22-28-38-49-50-39-36-47(3,4)5;1-9-10-11-21-26-39-37(2)28-30-41(29-23-18-17-20-25-38(41)36-47-46-35-32-43(6,7)8)40(39)27-22-16-14-12-13-15-19-24-33-44-45-34-31-42(3,4)5;;;;;/h42-45H,9-41H2,1-8H3;22,27-28,30,37-40H,9-21,23-26,29,31-36H2,1-8H3;1H4;4*1H/q2*+2;;;;;/p-4/b;27-22-;;;;;/t42?,43?,44?,45?,46-;37?,38?,39?,40?,41-;;;;;/m11...../s1. The summed E-state index contributed by atoms with van der Waals surface area (Å²) in [5, 5.41) is 0. The van der Waals surface area contributed by atoms with Gasteiger partial charge >= 0.3 is 0 Å². The van der Waals surface area contributed by atoms with E-state index in [0.29, 0.717) is 68.0 Å². The molecule has 3 saturated carbocycles. The Labute approximate surface area is 672 Å². The molecule has 104 heavy (non-hydrogen) atoms. The predicted molar refractivity (Wildman–Crippen MR) is 427 cm³/mol. The lowest BCUT2D eigenvalue weighted by Gasteiger charge is -2.56. The molecule has 0 aromatic carbocycles. The largest absolute Gasteiger partial charge is 1.00 e. The molecule has 626 valence electrons. The van der Waals surface area contributed by atoms with Gasteiger partial charge in [-0.3, -0.25) is 0 Å². The highest BCUT2D eigenvalue weighted by molar-refractivity contribution is 5.19. The third kappa shape index (κ3) is 50.3. The molecule has 0 heterocycles. The number of allylic oxidation sites excluding steroid dienone is 4. The highest BCUT2D eigenvalue weighted by atomic mass is 35.5. The number of unbranched alkanes of at least 4 members (excludes halogenated alkanes) is 22. The summed E-state index contributed by atoms with van der Waals surface area (Å²) in [6.07, 6.45) is 71.6. The molecule has 10 atom stereocenters. The van der Waals surface area contributed by atoms with Gasteiger partial charge in [0.1, 0.15) is 52.6 Å². The molecule has 2 spiro atoms. The molecule has 3 fully saturated rings. The van der Waals surface area contributed by atoms with E-state index in [2.05, 4.69) is 137 Å². The normalized spacial score (nSPS) is 24.0. The lowest BCUT2D eigenvalue weighted by atomic mass is 9.49. The Morgan fingerprint density at radius 1 is 0.365 bits per heavy atom. The van der Waals surface area contributed by atoms with Gasteiger partial charge in [-0.05, 0) is 142 Å². The molecule has 0 amide bonds. The van der Waals surface area contributed by atoms with Crippen molar-refractivity contribution in [3.63, 3.8) is 0 Å². The predicted octanol–water partition coefficient (Wildman–Crippen LogP) is 10.9. The smallest absolute Gasteiger partial charge is 0.131 e. The number of nitrogens with zero attached hydrogens (tertiary/aromatic N) is 4. The third-order valence-electron chi connectivity index (χ3n) is 23.9. The van der Waals surface area contributed by atoms with Gasteiger partial charge in [0.2, 0.25) is 0 Å². The summed E-state index contributed by atoms with van der Waals surface area (Å²) >= 11 is 0. The minimum absolute atomic E-state index is 0. The molecule has 16 heteroatoms. The van der Waals surface area contributed by atoms with E-state index in [9.17, 15) is 0 Å². The van der Waals surface area contributed by atoms with Crippen molar-refractivity contribution in [1.82, 2.24) is 0 Å². The van der Waals surface area contributed by atoms with Gasteiger partial charge in [-0.25, -0.2) is 39.1 Å². The quantitative estimate of drug-likeness (QED) is 0.0196. The second-order valence-electron chi connectivity index (χ2n) is 36.7. The molecular formula is C88H178Cl4N4O8. The summed E-state index contributed by atoms with van der Waals surface area (Å²) < 4.78 is 3.62. The van der Waals surface area contributed by atoms with Crippen molar-refractivity contribution in [3.05, 3.63) is 24.3 Å². The van der Waals surface area contributed by atoms with Gasteiger partial charge in [-0.1, -0.05) is 265 Å². The average Bonchev–Trinajstić information content (AvgIpc) is 0.762. The summed E-state index contributed by atoms with van der Waals surface area (Å²) in [5.74, 6) is 5.81. The highest BCUT2D eigenvalue weighted by Crippen LogP contribution is 2.60. The molecule has 12 nitrogen and oxygen atoms in total. The third-order valence-corrected chi connectivity index (χ3v) is 23.9. The van der Waals surface area contributed by atoms with Gasteiger partial charge in [0.05, 0.1) is 111 Å². The summed E-state index contributed by atoms with van der Waals surface area (Å²) in [6, 6.07) is 0. The van der Waals surface area contributed by atoms with Crippen molar-refractivity contribution in [3.8, 4) is 0 Å². The molecule has 8 unspecified atom stereocenters. The van der Waals surface area contributed by atoms with Crippen molar-refractivity contribution in [2.75, 3.05) is 164 Å². The zero-order valence-electron chi connectivity index (χ0n) is 70.8. The van der Waals surface area contributed by atoms with Crippen molar-refractivity contribution >= 4 is 0 Å². The highest BCUT2D eigenvalue weighted by Gasteiger charge is 2.52.